The van der Waals surface area contributed by atoms with E-state index < -0.39 is 17.4 Å². The number of thioether (sulfide) groups is 1. The molecule has 1 aromatic carbocycles. The number of benzene rings is 1. The predicted molar refractivity (Wildman–Crippen MR) is 95.4 cm³/mol. The highest BCUT2D eigenvalue weighted by atomic mass is 32.2. The third kappa shape index (κ3) is 4.50. The Morgan fingerprint density at radius 1 is 1.25 bits per heavy atom. The van der Waals surface area contributed by atoms with Crippen LogP contribution >= 0.6 is 11.8 Å². The molecule has 1 fully saturated rings. The first-order valence-corrected chi connectivity index (χ1v) is 8.91. The van der Waals surface area contributed by atoms with Gasteiger partial charge in [0.2, 0.25) is 17.7 Å². The largest absolute Gasteiger partial charge is 0.369 e. The van der Waals surface area contributed by atoms with Crippen LogP contribution in [0.3, 0.4) is 0 Å². The molecule has 130 valence electrons. The zero-order valence-corrected chi connectivity index (χ0v) is 15.0. The lowest BCUT2D eigenvalue weighted by Gasteiger charge is -2.29. The van der Waals surface area contributed by atoms with Gasteiger partial charge in [0, 0.05) is 16.9 Å². The first-order valence-electron chi connectivity index (χ1n) is 7.75. The quantitative estimate of drug-likeness (QED) is 0.863. The molecule has 0 saturated carbocycles. The van der Waals surface area contributed by atoms with Crippen molar-refractivity contribution >= 4 is 35.2 Å². The van der Waals surface area contributed by atoms with Crippen molar-refractivity contribution in [2.75, 3.05) is 16.9 Å². The molecule has 1 atom stereocenters. The van der Waals surface area contributed by atoms with Crippen molar-refractivity contribution in [2.45, 2.75) is 33.2 Å². The Kier molecular flexibility index (Phi) is 5.54. The van der Waals surface area contributed by atoms with Gasteiger partial charge in [0.15, 0.2) is 0 Å². The van der Waals surface area contributed by atoms with Crippen LogP contribution in [-0.4, -0.2) is 40.3 Å². The minimum Gasteiger partial charge on any atom is -0.369 e. The first-order chi connectivity index (χ1) is 11.2. The molecule has 0 aromatic heterocycles. The fraction of sp³-hybridized carbons (Fsp3) is 0.471. The normalized spacial score (nSPS) is 17.6. The maximum atomic E-state index is 12.5. The zero-order valence-electron chi connectivity index (χ0n) is 14.2. The van der Waals surface area contributed by atoms with Gasteiger partial charge in [-0.05, 0) is 17.7 Å². The Morgan fingerprint density at radius 2 is 1.88 bits per heavy atom. The van der Waals surface area contributed by atoms with E-state index >= 15 is 0 Å². The topological polar surface area (TPSA) is 92.5 Å². The maximum absolute atomic E-state index is 12.5. The number of carbonyl (C=O) groups is 3. The number of carbonyl (C=O) groups excluding carboxylic acids is 3. The van der Waals surface area contributed by atoms with E-state index in [1.54, 1.807) is 40.9 Å². The van der Waals surface area contributed by atoms with Crippen molar-refractivity contribution in [2.24, 2.45) is 11.1 Å². The molecular weight excluding hydrogens is 326 g/mol. The summed E-state index contributed by atoms with van der Waals surface area (Å²) in [6.45, 7) is 5.56. The summed E-state index contributed by atoms with van der Waals surface area (Å²) in [7, 11) is 0. The summed E-state index contributed by atoms with van der Waals surface area (Å²) in [6.07, 6.45) is 0.168. The van der Waals surface area contributed by atoms with Crippen LogP contribution in [0, 0.1) is 5.41 Å². The minimum absolute atomic E-state index is 0.0237. The van der Waals surface area contributed by atoms with Gasteiger partial charge in [-0.1, -0.05) is 32.9 Å². The molecule has 2 rings (SSSR count). The monoisotopic (exact) mass is 349 g/mol. The Hall–Kier alpha value is -2.02. The van der Waals surface area contributed by atoms with E-state index in [2.05, 4.69) is 5.32 Å². The SMILES string of the molecule is CC(C)(C)C(=O)N1CSC[C@@H]1C(=O)Nc1ccc(CC(N)=O)cc1. The maximum Gasteiger partial charge on any atom is 0.248 e. The highest BCUT2D eigenvalue weighted by molar-refractivity contribution is 7.99. The lowest BCUT2D eigenvalue weighted by atomic mass is 9.94. The van der Waals surface area contributed by atoms with E-state index in [1.165, 1.54) is 0 Å². The third-order valence-electron chi connectivity index (χ3n) is 3.69. The molecule has 1 aromatic rings. The Bertz CT molecular complexity index is 637. The van der Waals surface area contributed by atoms with Gasteiger partial charge < -0.3 is 16.0 Å². The van der Waals surface area contributed by atoms with Crippen LogP contribution < -0.4 is 11.1 Å². The summed E-state index contributed by atoms with van der Waals surface area (Å²) >= 11 is 1.58. The average molecular weight is 349 g/mol. The fourth-order valence-corrected chi connectivity index (χ4v) is 3.58. The number of hydrogen-bond acceptors (Lipinski definition) is 4. The number of nitrogens with one attached hydrogen (secondary N) is 1. The minimum atomic E-state index is -0.514. The van der Waals surface area contributed by atoms with Gasteiger partial charge in [0.25, 0.3) is 0 Å². The summed E-state index contributed by atoms with van der Waals surface area (Å²) in [5, 5.41) is 2.84. The standard InChI is InChI=1S/C17H23N3O3S/c1-17(2,3)16(23)20-10-24-9-13(20)15(22)19-12-6-4-11(5-7-12)8-14(18)21/h4-7,13H,8-10H2,1-3H3,(H2,18,21)(H,19,22)/t13-/m1/s1. The molecule has 24 heavy (non-hydrogen) atoms. The summed E-state index contributed by atoms with van der Waals surface area (Å²) < 4.78 is 0. The van der Waals surface area contributed by atoms with Crippen molar-refractivity contribution in [3.05, 3.63) is 29.8 Å². The van der Waals surface area contributed by atoms with Crippen LogP contribution in [0.2, 0.25) is 0 Å². The van der Waals surface area contributed by atoms with E-state index in [4.69, 9.17) is 5.73 Å². The number of anilines is 1. The molecule has 3 N–H and O–H groups in total. The van der Waals surface area contributed by atoms with Gasteiger partial charge in [-0.15, -0.1) is 11.8 Å². The molecule has 1 saturated heterocycles. The molecule has 0 bridgehead atoms. The molecule has 3 amide bonds. The number of nitrogens with zero attached hydrogens (tertiary/aromatic N) is 1. The van der Waals surface area contributed by atoms with Gasteiger partial charge in [-0.25, -0.2) is 0 Å². The van der Waals surface area contributed by atoms with Crippen molar-refractivity contribution in [3.63, 3.8) is 0 Å². The summed E-state index contributed by atoms with van der Waals surface area (Å²) in [6, 6.07) is 6.50. The zero-order chi connectivity index (χ0) is 17.9. The van der Waals surface area contributed by atoms with Crippen molar-refractivity contribution in [1.29, 1.82) is 0 Å². The number of nitrogens with two attached hydrogens (primary N) is 1. The Morgan fingerprint density at radius 3 is 2.42 bits per heavy atom. The lowest BCUT2D eigenvalue weighted by Crippen LogP contribution is -2.48. The van der Waals surface area contributed by atoms with Crippen LogP contribution in [0.15, 0.2) is 24.3 Å². The van der Waals surface area contributed by atoms with Crippen molar-refractivity contribution < 1.29 is 14.4 Å². The second kappa shape index (κ2) is 7.25. The second-order valence-corrected chi connectivity index (χ2v) is 7.87. The summed E-state index contributed by atoms with van der Waals surface area (Å²) in [5.41, 5.74) is 6.07. The fourth-order valence-electron chi connectivity index (χ4n) is 2.42. The van der Waals surface area contributed by atoms with E-state index in [9.17, 15) is 14.4 Å². The number of amides is 3. The summed E-state index contributed by atoms with van der Waals surface area (Å²) in [4.78, 5) is 37.5. The van der Waals surface area contributed by atoms with Gasteiger partial charge in [-0.2, -0.15) is 0 Å². The Balaban J connectivity index is 2.03. The summed E-state index contributed by atoms with van der Waals surface area (Å²) in [5.74, 6) is 0.509. The van der Waals surface area contributed by atoms with Crippen LogP contribution in [0.25, 0.3) is 0 Å². The van der Waals surface area contributed by atoms with Crippen LogP contribution in [-0.2, 0) is 20.8 Å². The molecule has 1 heterocycles. The number of hydrogen-bond donors (Lipinski definition) is 2. The van der Waals surface area contributed by atoms with Gasteiger partial charge in [-0.3, -0.25) is 14.4 Å². The molecule has 1 aliphatic rings. The van der Waals surface area contributed by atoms with E-state index in [-0.39, 0.29) is 18.2 Å². The molecule has 0 aliphatic carbocycles. The van der Waals surface area contributed by atoms with E-state index in [0.717, 1.165) is 5.56 Å². The van der Waals surface area contributed by atoms with Gasteiger partial charge >= 0.3 is 0 Å². The molecule has 6 nitrogen and oxygen atoms in total. The molecule has 7 heteroatoms. The van der Waals surface area contributed by atoms with E-state index in [0.29, 0.717) is 17.3 Å². The highest BCUT2D eigenvalue weighted by Gasteiger charge is 2.38. The predicted octanol–water partition coefficient (Wildman–Crippen LogP) is 1.60. The van der Waals surface area contributed by atoms with Gasteiger partial charge in [0.05, 0.1) is 12.3 Å². The van der Waals surface area contributed by atoms with Crippen LogP contribution in [0.5, 0.6) is 0 Å². The van der Waals surface area contributed by atoms with Crippen molar-refractivity contribution in [1.82, 2.24) is 4.90 Å². The lowest BCUT2D eigenvalue weighted by molar-refractivity contribution is -0.143. The Labute approximate surface area is 146 Å². The smallest absolute Gasteiger partial charge is 0.248 e. The first kappa shape index (κ1) is 18.3. The van der Waals surface area contributed by atoms with E-state index in [1.807, 2.05) is 20.8 Å². The molecular formula is C17H23N3O3S. The molecule has 0 radical (unpaired) electrons. The van der Waals surface area contributed by atoms with Crippen LogP contribution in [0.1, 0.15) is 26.3 Å². The van der Waals surface area contributed by atoms with Gasteiger partial charge in [0.1, 0.15) is 6.04 Å². The molecule has 0 unspecified atom stereocenters. The van der Waals surface area contributed by atoms with Crippen molar-refractivity contribution in [3.8, 4) is 0 Å². The highest BCUT2D eigenvalue weighted by Crippen LogP contribution is 2.28. The average Bonchev–Trinajstić information content (AvgIpc) is 2.96. The number of rotatable bonds is 4. The molecule has 1 aliphatic heterocycles. The second-order valence-electron chi connectivity index (χ2n) is 6.87. The van der Waals surface area contributed by atoms with Crippen LogP contribution in [0.4, 0.5) is 5.69 Å². The molecule has 0 spiro atoms. The number of primary amides is 1. The third-order valence-corrected chi connectivity index (χ3v) is 4.70.